The van der Waals surface area contributed by atoms with Gasteiger partial charge in [-0.05, 0) is 31.0 Å². The summed E-state index contributed by atoms with van der Waals surface area (Å²) in [5.74, 6) is -2.94. The zero-order chi connectivity index (χ0) is 24.7. The van der Waals surface area contributed by atoms with Crippen LogP contribution in [0.5, 0.6) is 5.75 Å². The zero-order valence-electron chi connectivity index (χ0n) is 19.3. The lowest BCUT2D eigenvalue weighted by Crippen LogP contribution is -2.32. The monoisotopic (exact) mass is 510 g/mol. The number of carbonyl (C=O) groups excluding carboxylic acids is 2. The number of benzene rings is 2. The SMILES string of the molecule is CCOC(C(=O)NCc1ccc(C(=N)N)cc1)c1c(F)ccc(OCCN2CCCC2=O)c1F.Cl. The van der Waals surface area contributed by atoms with Crippen LogP contribution in [0.15, 0.2) is 36.4 Å². The second-order valence-electron chi connectivity index (χ2n) is 7.77. The molecule has 1 aliphatic heterocycles. The van der Waals surface area contributed by atoms with E-state index in [0.717, 1.165) is 18.6 Å². The van der Waals surface area contributed by atoms with Crippen molar-refractivity contribution < 1.29 is 27.8 Å². The minimum atomic E-state index is -1.52. The fourth-order valence-corrected chi connectivity index (χ4v) is 3.65. The number of nitrogens with one attached hydrogen (secondary N) is 2. The molecule has 2 aromatic rings. The van der Waals surface area contributed by atoms with E-state index in [0.29, 0.717) is 30.6 Å². The van der Waals surface area contributed by atoms with E-state index in [4.69, 9.17) is 20.6 Å². The Morgan fingerprint density at radius 1 is 1.23 bits per heavy atom. The van der Waals surface area contributed by atoms with Gasteiger partial charge in [0, 0.05) is 31.7 Å². The summed E-state index contributed by atoms with van der Waals surface area (Å²) >= 11 is 0. The summed E-state index contributed by atoms with van der Waals surface area (Å²) in [6.07, 6.45) is -0.258. The van der Waals surface area contributed by atoms with Crippen LogP contribution in [0.25, 0.3) is 0 Å². The van der Waals surface area contributed by atoms with E-state index < -0.39 is 29.2 Å². The van der Waals surface area contributed by atoms with E-state index in [9.17, 15) is 14.0 Å². The largest absolute Gasteiger partial charge is 0.489 e. The standard InChI is InChI=1S/C24H28F2N4O4.ClH/c1-2-33-22(24(32)29-14-15-5-7-16(8-6-15)23(27)28)20-17(25)9-10-18(21(20)26)34-13-12-30-11-3-4-19(30)31;/h5-10,22H,2-4,11-14H2,1H3,(H3,27,28)(H,29,32);1H. The van der Waals surface area contributed by atoms with Crippen molar-refractivity contribution in [3.63, 3.8) is 0 Å². The molecule has 1 atom stereocenters. The molecule has 4 N–H and O–H groups in total. The number of amidine groups is 1. The molecule has 1 fully saturated rings. The Kier molecular flexibility index (Phi) is 10.4. The Labute approximate surface area is 208 Å². The van der Waals surface area contributed by atoms with Gasteiger partial charge in [-0.25, -0.2) is 8.78 Å². The van der Waals surface area contributed by atoms with E-state index in [1.807, 2.05) is 0 Å². The Morgan fingerprint density at radius 3 is 2.54 bits per heavy atom. The molecule has 3 rings (SSSR count). The molecule has 1 unspecified atom stereocenters. The second kappa shape index (κ2) is 13.0. The molecule has 0 saturated carbocycles. The molecule has 2 aromatic carbocycles. The van der Waals surface area contributed by atoms with Crippen molar-refractivity contribution in [2.75, 3.05) is 26.3 Å². The molecule has 2 amide bonds. The number of nitrogen functional groups attached to an aromatic ring is 1. The molecule has 0 aliphatic carbocycles. The van der Waals surface area contributed by atoms with Crippen LogP contribution < -0.4 is 15.8 Å². The molecule has 1 aliphatic rings. The van der Waals surface area contributed by atoms with Gasteiger partial charge in [0.05, 0.1) is 12.1 Å². The molecule has 11 heteroatoms. The Balaban J connectivity index is 0.00000432. The van der Waals surface area contributed by atoms with Crippen LogP contribution in [-0.2, 0) is 20.9 Å². The lowest BCUT2D eigenvalue weighted by Gasteiger charge is -2.20. The van der Waals surface area contributed by atoms with E-state index >= 15 is 4.39 Å². The number of carbonyl (C=O) groups is 2. The first-order valence-electron chi connectivity index (χ1n) is 11.0. The summed E-state index contributed by atoms with van der Waals surface area (Å²) in [7, 11) is 0. The summed E-state index contributed by atoms with van der Waals surface area (Å²) in [5, 5.41) is 10.0. The van der Waals surface area contributed by atoms with E-state index in [1.165, 1.54) is 0 Å². The molecule has 0 radical (unpaired) electrons. The van der Waals surface area contributed by atoms with Gasteiger partial charge in [0.1, 0.15) is 18.3 Å². The lowest BCUT2D eigenvalue weighted by atomic mass is 10.1. The number of hydrogen-bond acceptors (Lipinski definition) is 5. The number of amides is 2. The molecule has 0 bridgehead atoms. The van der Waals surface area contributed by atoms with Gasteiger partial charge < -0.3 is 25.4 Å². The van der Waals surface area contributed by atoms with Gasteiger partial charge >= 0.3 is 0 Å². The number of halogens is 3. The van der Waals surface area contributed by atoms with E-state index in [2.05, 4.69) is 5.32 Å². The van der Waals surface area contributed by atoms with Gasteiger partial charge in [0.15, 0.2) is 17.7 Å². The molecular formula is C24H29ClF2N4O4. The number of hydrogen-bond donors (Lipinski definition) is 3. The van der Waals surface area contributed by atoms with Gasteiger partial charge in [-0.15, -0.1) is 12.4 Å². The van der Waals surface area contributed by atoms with Crippen LogP contribution in [0.3, 0.4) is 0 Å². The van der Waals surface area contributed by atoms with Gasteiger partial charge in [-0.2, -0.15) is 0 Å². The van der Waals surface area contributed by atoms with Crippen molar-refractivity contribution in [1.82, 2.24) is 10.2 Å². The van der Waals surface area contributed by atoms with Gasteiger partial charge in [-0.3, -0.25) is 15.0 Å². The topological polar surface area (TPSA) is 118 Å². The number of likely N-dealkylation sites (tertiary alicyclic amines) is 1. The molecule has 8 nitrogen and oxygen atoms in total. The fourth-order valence-electron chi connectivity index (χ4n) is 3.65. The fraction of sp³-hybridized carbons (Fsp3) is 0.375. The van der Waals surface area contributed by atoms with Crippen LogP contribution in [0.2, 0.25) is 0 Å². The zero-order valence-corrected chi connectivity index (χ0v) is 20.1. The molecule has 190 valence electrons. The molecule has 0 spiro atoms. The first-order valence-corrected chi connectivity index (χ1v) is 11.0. The molecule has 1 saturated heterocycles. The average molecular weight is 511 g/mol. The molecule has 35 heavy (non-hydrogen) atoms. The third-order valence-electron chi connectivity index (χ3n) is 5.45. The van der Waals surface area contributed by atoms with Crippen molar-refractivity contribution in [3.05, 3.63) is 64.7 Å². The number of rotatable bonds is 11. The summed E-state index contributed by atoms with van der Waals surface area (Å²) in [4.78, 5) is 26.1. The average Bonchev–Trinajstić information content (AvgIpc) is 3.23. The van der Waals surface area contributed by atoms with Crippen molar-refractivity contribution in [2.24, 2.45) is 5.73 Å². The van der Waals surface area contributed by atoms with Gasteiger partial charge in [0.25, 0.3) is 5.91 Å². The van der Waals surface area contributed by atoms with Crippen LogP contribution >= 0.6 is 12.4 Å². The second-order valence-corrected chi connectivity index (χ2v) is 7.77. The van der Waals surface area contributed by atoms with Crippen molar-refractivity contribution >= 4 is 30.1 Å². The highest BCUT2D eigenvalue weighted by atomic mass is 35.5. The first kappa shape index (κ1) is 28.0. The Bertz CT molecular complexity index is 1050. The number of ether oxygens (including phenoxy) is 2. The molecule has 1 heterocycles. The quantitative estimate of drug-likeness (QED) is 0.317. The lowest BCUT2D eigenvalue weighted by molar-refractivity contribution is -0.133. The van der Waals surface area contributed by atoms with Crippen LogP contribution in [0.4, 0.5) is 8.78 Å². The van der Waals surface area contributed by atoms with E-state index in [1.54, 1.807) is 36.1 Å². The van der Waals surface area contributed by atoms with Crippen LogP contribution in [-0.4, -0.2) is 48.9 Å². The maximum atomic E-state index is 15.2. The first-order chi connectivity index (χ1) is 16.3. The summed E-state index contributed by atoms with van der Waals surface area (Å²) < 4.78 is 40.7. The van der Waals surface area contributed by atoms with Gasteiger partial charge in [0.2, 0.25) is 5.91 Å². The third kappa shape index (κ3) is 7.12. The van der Waals surface area contributed by atoms with Crippen molar-refractivity contribution in [2.45, 2.75) is 32.4 Å². The smallest absolute Gasteiger partial charge is 0.254 e. The van der Waals surface area contributed by atoms with Crippen LogP contribution in [0.1, 0.15) is 42.6 Å². The van der Waals surface area contributed by atoms with E-state index in [-0.39, 0.29) is 49.7 Å². The maximum Gasteiger partial charge on any atom is 0.254 e. The third-order valence-corrected chi connectivity index (χ3v) is 5.45. The Morgan fingerprint density at radius 2 is 1.94 bits per heavy atom. The predicted octanol–water partition coefficient (Wildman–Crippen LogP) is 3.07. The highest BCUT2D eigenvalue weighted by Gasteiger charge is 2.30. The van der Waals surface area contributed by atoms with Gasteiger partial charge in [-0.1, -0.05) is 24.3 Å². The molecular weight excluding hydrogens is 482 g/mol. The summed E-state index contributed by atoms with van der Waals surface area (Å²) in [5.41, 5.74) is 6.14. The maximum absolute atomic E-state index is 15.2. The summed E-state index contributed by atoms with van der Waals surface area (Å²) in [6, 6.07) is 8.83. The van der Waals surface area contributed by atoms with Crippen molar-refractivity contribution in [1.29, 1.82) is 5.41 Å². The highest BCUT2D eigenvalue weighted by Crippen LogP contribution is 2.30. The summed E-state index contributed by atoms with van der Waals surface area (Å²) in [6.45, 7) is 2.71. The minimum Gasteiger partial charge on any atom is -0.489 e. The van der Waals surface area contributed by atoms with Crippen LogP contribution in [0, 0.1) is 17.0 Å². The predicted molar refractivity (Wildman–Crippen MR) is 129 cm³/mol. The van der Waals surface area contributed by atoms with Crippen molar-refractivity contribution in [3.8, 4) is 5.75 Å². The normalized spacial score (nSPS) is 13.8. The minimum absolute atomic E-state index is 0. The Hall–Kier alpha value is -3.24. The molecule has 0 aromatic heterocycles. The number of nitrogens with zero attached hydrogens (tertiary/aromatic N) is 1. The number of nitrogens with two attached hydrogens (primary N) is 1. The highest BCUT2D eigenvalue weighted by molar-refractivity contribution is 5.94.